The van der Waals surface area contributed by atoms with Crippen LogP contribution in [0.15, 0.2) is 76.5 Å². The molecule has 1 heterocycles. The van der Waals surface area contributed by atoms with Crippen molar-refractivity contribution >= 4 is 31.6 Å². The molecule has 268 valence electrons. The number of aliphatic hydroxyl groups excluding tert-OH is 1. The minimum atomic E-state index is -3.98. The molecule has 3 aromatic rings. The molecular formula is C35H46FN3O8S2. The number of aliphatic hydroxyl groups is 1. The normalized spacial score (nSPS) is 20.6. The molecule has 11 nitrogen and oxygen atoms in total. The Hall–Kier alpha value is -3.56. The van der Waals surface area contributed by atoms with Crippen LogP contribution in [-0.2, 0) is 24.8 Å². The number of amides is 1. The summed E-state index contributed by atoms with van der Waals surface area (Å²) in [7, 11) is -6.53. The van der Waals surface area contributed by atoms with E-state index in [9.17, 15) is 31.1 Å². The van der Waals surface area contributed by atoms with Gasteiger partial charge in [0.25, 0.3) is 15.9 Å². The number of ether oxygens (including phenoxy) is 2. The quantitative estimate of drug-likeness (QED) is 0.313. The number of anilines is 1. The van der Waals surface area contributed by atoms with Gasteiger partial charge in [0.2, 0.25) is 10.0 Å². The van der Waals surface area contributed by atoms with E-state index in [0.29, 0.717) is 19.4 Å². The molecule has 4 rings (SSSR count). The molecule has 0 saturated carbocycles. The third-order valence-corrected chi connectivity index (χ3v) is 11.8. The minimum Gasteiger partial charge on any atom is -0.490 e. The summed E-state index contributed by atoms with van der Waals surface area (Å²) >= 11 is 0. The highest BCUT2D eigenvalue weighted by molar-refractivity contribution is 7.92. The van der Waals surface area contributed by atoms with Gasteiger partial charge in [0.05, 0.1) is 40.2 Å². The SMILES string of the molecule is Cc1ccc(S(=O)(=O)Nc2ccc3c(c2)C(=O)N([C@@H](C)CO)C[C@@H](C)[C@@H](CN(C)S(=O)(=O)c2ccc(F)cc2)OCCCC[C@H](C)O3)cc1. The predicted octanol–water partition coefficient (Wildman–Crippen LogP) is 5.05. The summed E-state index contributed by atoms with van der Waals surface area (Å²) in [6.45, 7) is 7.26. The van der Waals surface area contributed by atoms with Crippen LogP contribution in [0.1, 0.15) is 56.0 Å². The molecule has 4 atom stereocenters. The van der Waals surface area contributed by atoms with Crippen LogP contribution in [0.5, 0.6) is 5.75 Å². The van der Waals surface area contributed by atoms with E-state index in [1.807, 2.05) is 20.8 Å². The van der Waals surface area contributed by atoms with Crippen LogP contribution >= 0.6 is 0 Å². The van der Waals surface area contributed by atoms with Crippen molar-refractivity contribution in [1.82, 2.24) is 9.21 Å². The highest BCUT2D eigenvalue weighted by Crippen LogP contribution is 2.30. The first-order chi connectivity index (χ1) is 23.1. The smallest absolute Gasteiger partial charge is 0.261 e. The number of hydrogen-bond acceptors (Lipinski definition) is 8. The average molecular weight is 720 g/mol. The zero-order valence-electron chi connectivity index (χ0n) is 28.5. The van der Waals surface area contributed by atoms with Crippen molar-refractivity contribution in [3.63, 3.8) is 0 Å². The molecule has 0 radical (unpaired) electrons. The zero-order chi connectivity index (χ0) is 35.9. The number of carbonyl (C=O) groups excluding carboxylic acids is 1. The minimum absolute atomic E-state index is 0.0442. The molecular weight excluding hydrogens is 674 g/mol. The second kappa shape index (κ2) is 16.4. The maximum atomic E-state index is 14.4. The Morgan fingerprint density at radius 2 is 1.65 bits per heavy atom. The standard InChI is InChI=1S/C35H46FN3O8S2/c1-24-9-14-30(15-10-24)48(42,43)37-29-13-18-33-32(20-29)35(41)39(26(3)23-40)21-25(2)34(46-19-7-6-8-27(4)47-33)22-38(5)49(44,45)31-16-11-28(36)12-17-31/h9-18,20,25-27,34,37,40H,6-8,19,21-23H2,1-5H3/t25-,26+,27+,34-/m1/s1. The molecule has 3 aromatic carbocycles. The highest BCUT2D eigenvalue weighted by Gasteiger charge is 2.32. The number of fused-ring (bicyclic) bond motifs is 1. The maximum Gasteiger partial charge on any atom is 0.261 e. The van der Waals surface area contributed by atoms with Gasteiger partial charge in [0, 0.05) is 38.3 Å². The molecule has 0 spiro atoms. The van der Waals surface area contributed by atoms with Crippen LogP contribution in [0.25, 0.3) is 0 Å². The molecule has 49 heavy (non-hydrogen) atoms. The van der Waals surface area contributed by atoms with E-state index >= 15 is 0 Å². The molecule has 1 aliphatic rings. The van der Waals surface area contributed by atoms with Gasteiger partial charge in [-0.1, -0.05) is 24.6 Å². The van der Waals surface area contributed by atoms with Crippen LogP contribution in [0.3, 0.4) is 0 Å². The number of nitrogens with one attached hydrogen (secondary N) is 1. The summed E-state index contributed by atoms with van der Waals surface area (Å²) in [4.78, 5) is 15.8. The van der Waals surface area contributed by atoms with E-state index < -0.39 is 49.8 Å². The second-order valence-corrected chi connectivity index (χ2v) is 16.4. The van der Waals surface area contributed by atoms with Gasteiger partial charge in [0.15, 0.2) is 0 Å². The first-order valence-electron chi connectivity index (χ1n) is 16.3. The molecule has 1 aliphatic heterocycles. The summed E-state index contributed by atoms with van der Waals surface area (Å²) < 4.78 is 82.8. The predicted molar refractivity (Wildman–Crippen MR) is 185 cm³/mol. The van der Waals surface area contributed by atoms with Crippen molar-refractivity contribution in [1.29, 1.82) is 0 Å². The molecule has 0 aliphatic carbocycles. The highest BCUT2D eigenvalue weighted by atomic mass is 32.2. The largest absolute Gasteiger partial charge is 0.490 e. The van der Waals surface area contributed by atoms with Crippen molar-refractivity contribution in [2.75, 3.05) is 38.1 Å². The first-order valence-corrected chi connectivity index (χ1v) is 19.2. The lowest BCUT2D eigenvalue weighted by atomic mass is 10.0. The molecule has 0 saturated heterocycles. The number of sulfonamides is 2. The van der Waals surface area contributed by atoms with Crippen molar-refractivity contribution in [3.8, 4) is 5.75 Å². The van der Waals surface area contributed by atoms with Gasteiger partial charge in [0.1, 0.15) is 11.6 Å². The Bertz CT molecular complexity index is 1790. The molecule has 0 unspecified atom stereocenters. The summed E-state index contributed by atoms with van der Waals surface area (Å²) in [6, 6.07) is 14.8. The number of benzene rings is 3. The van der Waals surface area contributed by atoms with Gasteiger partial charge in [-0.3, -0.25) is 9.52 Å². The Morgan fingerprint density at radius 1 is 1.00 bits per heavy atom. The van der Waals surface area contributed by atoms with Gasteiger partial charge in [-0.15, -0.1) is 0 Å². The topological polar surface area (TPSA) is 143 Å². The van der Waals surface area contributed by atoms with Gasteiger partial charge in [-0.05, 0) is 94.6 Å². The van der Waals surface area contributed by atoms with E-state index in [4.69, 9.17) is 9.47 Å². The van der Waals surface area contributed by atoms with E-state index in [0.717, 1.165) is 28.4 Å². The van der Waals surface area contributed by atoms with Crippen molar-refractivity contribution < 1.29 is 40.6 Å². The average Bonchev–Trinajstić information content (AvgIpc) is 3.06. The number of halogens is 1. The van der Waals surface area contributed by atoms with Crippen molar-refractivity contribution in [2.45, 2.75) is 75.0 Å². The maximum absolute atomic E-state index is 14.4. The molecule has 0 fully saturated rings. The summed E-state index contributed by atoms with van der Waals surface area (Å²) in [6.07, 6.45) is 1.10. The fourth-order valence-corrected chi connectivity index (χ4v) is 7.75. The molecule has 1 amide bonds. The van der Waals surface area contributed by atoms with E-state index in [2.05, 4.69) is 4.72 Å². The van der Waals surface area contributed by atoms with E-state index in [-0.39, 0.29) is 52.6 Å². The third kappa shape index (κ3) is 9.79. The summed E-state index contributed by atoms with van der Waals surface area (Å²) in [5.74, 6) is -1.20. The first kappa shape index (κ1) is 38.2. The fourth-order valence-electron chi connectivity index (χ4n) is 5.52. The fraction of sp³-hybridized carbons (Fsp3) is 0.457. The van der Waals surface area contributed by atoms with E-state index in [1.54, 1.807) is 25.1 Å². The Labute approximate surface area is 289 Å². The van der Waals surface area contributed by atoms with Crippen LogP contribution in [0.2, 0.25) is 0 Å². The van der Waals surface area contributed by atoms with E-state index in [1.165, 1.54) is 48.3 Å². The van der Waals surface area contributed by atoms with Crippen molar-refractivity contribution in [3.05, 3.63) is 83.7 Å². The van der Waals surface area contributed by atoms with Crippen molar-refractivity contribution in [2.24, 2.45) is 5.92 Å². The summed E-state index contributed by atoms with van der Waals surface area (Å²) in [5, 5.41) is 10.2. The van der Waals surface area contributed by atoms with Crippen LogP contribution in [0, 0.1) is 18.7 Å². The third-order valence-electron chi connectivity index (χ3n) is 8.59. The van der Waals surface area contributed by atoms with Crippen LogP contribution < -0.4 is 9.46 Å². The molecule has 14 heteroatoms. The van der Waals surface area contributed by atoms with Gasteiger partial charge < -0.3 is 19.5 Å². The Morgan fingerprint density at radius 3 is 2.31 bits per heavy atom. The van der Waals surface area contributed by atoms with Gasteiger partial charge in [-0.2, -0.15) is 4.31 Å². The number of likely N-dealkylation sites (N-methyl/N-ethyl adjacent to an activating group) is 1. The number of hydrogen-bond donors (Lipinski definition) is 2. The molecule has 0 aromatic heterocycles. The lowest BCUT2D eigenvalue weighted by Gasteiger charge is -2.35. The Kier molecular flexibility index (Phi) is 12.8. The number of carbonyl (C=O) groups is 1. The van der Waals surface area contributed by atoms with Crippen LogP contribution in [-0.4, -0.2) is 88.7 Å². The Balaban J connectivity index is 1.67. The second-order valence-electron chi connectivity index (χ2n) is 12.7. The molecule has 0 bridgehead atoms. The number of rotatable bonds is 9. The monoisotopic (exact) mass is 719 g/mol. The van der Waals surface area contributed by atoms with Crippen LogP contribution in [0.4, 0.5) is 10.1 Å². The van der Waals surface area contributed by atoms with Gasteiger partial charge in [-0.25, -0.2) is 21.2 Å². The number of aryl methyl sites for hydroxylation is 1. The zero-order valence-corrected chi connectivity index (χ0v) is 30.1. The summed E-state index contributed by atoms with van der Waals surface area (Å²) in [5.41, 5.74) is 1.17. The molecule has 2 N–H and O–H groups in total. The van der Waals surface area contributed by atoms with Gasteiger partial charge >= 0.3 is 0 Å². The lowest BCUT2D eigenvalue weighted by molar-refractivity contribution is -0.00834. The lowest BCUT2D eigenvalue weighted by Crippen LogP contribution is -2.48. The number of nitrogens with zero attached hydrogens (tertiary/aromatic N) is 2.